The molecule has 278 valence electrons. The molecule has 0 saturated heterocycles. The van der Waals surface area contributed by atoms with Crippen LogP contribution < -0.4 is 11.5 Å². The predicted molar refractivity (Wildman–Crippen MR) is 212 cm³/mol. The van der Waals surface area contributed by atoms with Gasteiger partial charge in [0.25, 0.3) is 0 Å². The molecular weight excluding hydrogens is 601 g/mol. The Bertz CT molecular complexity index is 1170. The number of fused-ring (bicyclic) bond motifs is 2. The van der Waals surface area contributed by atoms with Crippen LogP contribution in [-0.4, -0.2) is 39.5 Å². The van der Waals surface area contributed by atoms with Crippen LogP contribution in [0.15, 0.2) is 64.8 Å². The molecule has 4 N–H and O–H groups in total. The number of nitrogens with two attached hydrogens (primary N) is 2. The molecule has 5 unspecified atom stereocenters. The second-order valence-corrected chi connectivity index (χ2v) is 16.4. The van der Waals surface area contributed by atoms with Gasteiger partial charge < -0.3 is 20.9 Å². The van der Waals surface area contributed by atoms with Crippen molar-refractivity contribution in [1.29, 1.82) is 0 Å². The van der Waals surface area contributed by atoms with Gasteiger partial charge in [0.15, 0.2) is 0 Å². The third-order valence-corrected chi connectivity index (χ3v) is 12.4. The molecule has 0 amide bonds. The standard InChI is InChI=1S/C45H76N2O2/c1-8-11-25-44(5,6)33-42(43-38-20-16-22-41(43)35(4)39(24-23-38)34-49-31-30-48-29-28-47)45(7,26-12-9-2)40(21-17-27-46)32-36(10-3)37-18-14-13-15-19-37/h13-15,18-19,23-24,36,40,42-43H,8-12,16-17,20-22,25-34,46-47H2,1-7H3. The minimum absolute atomic E-state index is 0.199. The van der Waals surface area contributed by atoms with Gasteiger partial charge in [-0.05, 0) is 123 Å². The zero-order valence-electron chi connectivity index (χ0n) is 33.0. The Kier molecular flexibility index (Phi) is 18.4. The number of unbranched alkanes of at least 4 members (excludes halogenated alkanes) is 2. The van der Waals surface area contributed by atoms with Crippen molar-refractivity contribution in [3.05, 3.63) is 70.3 Å². The van der Waals surface area contributed by atoms with Gasteiger partial charge in [-0.1, -0.05) is 121 Å². The van der Waals surface area contributed by atoms with Crippen LogP contribution in [0, 0.1) is 28.6 Å². The topological polar surface area (TPSA) is 70.5 Å². The summed E-state index contributed by atoms with van der Waals surface area (Å²) < 4.78 is 11.8. The van der Waals surface area contributed by atoms with Gasteiger partial charge in [0, 0.05) is 12.5 Å². The third-order valence-electron chi connectivity index (χ3n) is 12.4. The average Bonchev–Trinajstić information content (AvgIpc) is 3.18. The van der Waals surface area contributed by atoms with Crippen LogP contribution in [0.25, 0.3) is 0 Å². The fourth-order valence-electron chi connectivity index (χ4n) is 9.33. The van der Waals surface area contributed by atoms with Gasteiger partial charge in [-0.2, -0.15) is 0 Å². The molecule has 3 rings (SSSR count). The highest BCUT2D eigenvalue weighted by molar-refractivity contribution is 5.46. The minimum Gasteiger partial charge on any atom is -0.378 e. The molecule has 1 saturated carbocycles. The molecule has 0 spiro atoms. The van der Waals surface area contributed by atoms with E-state index < -0.39 is 0 Å². The van der Waals surface area contributed by atoms with Gasteiger partial charge in [0.1, 0.15) is 0 Å². The zero-order chi connectivity index (χ0) is 35.7. The van der Waals surface area contributed by atoms with E-state index in [0.717, 1.165) is 13.0 Å². The Balaban J connectivity index is 2.13. The van der Waals surface area contributed by atoms with Crippen molar-refractivity contribution in [3.8, 4) is 0 Å². The van der Waals surface area contributed by atoms with Gasteiger partial charge in [0.2, 0.25) is 0 Å². The van der Waals surface area contributed by atoms with E-state index in [2.05, 4.69) is 91.0 Å². The molecule has 2 aliphatic rings. The number of allylic oxidation sites excluding steroid dienone is 4. The van der Waals surface area contributed by atoms with Crippen LogP contribution in [0.2, 0.25) is 0 Å². The Labute approximate surface area is 302 Å². The summed E-state index contributed by atoms with van der Waals surface area (Å²) >= 11 is 0. The number of rotatable bonds is 25. The van der Waals surface area contributed by atoms with Gasteiger partial charge in [-0.3, -0.25) is 0 Å². The lowest BCUT2D eigenvalue weighted by molar-refractivity contribution is 0.00690. The molecule has 1 aromatic rings. The molecular formula is C45H76N2O2. The van der Waals surface area contributed by atoms with Crippen molar-refractivity contribution in [2.75, 3.05) is 39.5 Å². The normalized spacial score (nSPS) is 19.9. The van der Waals surface area contributed by atoms with Crippen LogP contribution >= 0.6 is 0 Å². The summed E-state index contributed by atoms with van der Waals surface area (Å²) in [6.45, 7) is 21.2. The largest absolute Gasteiger partial charge is 0.378 e. The summed E-state index contributed by atoms with van der Waals surface area (Å²) in [5, 5.41) is 0. The van der Waals surface area contributed by atoms with E-state index in [1.165, 1.54) is 100 Å². The van der Waals surface area contributed by atoms with E-state index in [1.807, 2.05) is 0 Å². The lowest BCUT2D eigenvalue weighted by atomic mass is 9.52. The highest BCUT2D eigenvalue weighted by atomic mass is 16.5. The van der Waals surface area contributed by atoms with E-state index in [9.17, 15) is 0 Å². The Morgan fingerprint density at radius 3 is 2.22 bits per heavy atom. The first kappa shape index (κ1) is 41.7. The van der Waals surface area contributed by atoms with E-state index in [-0.39, 0.29) is 10.8 Å². The van der Waals surface area contributed by atoms with E-state index in [1.54, 1.807) is 11.1 Å². The molecule has 0 aliphatic heterocycles. The average molecular weight is 677 g/mol. The van der Waals surface area contributed by atoms with Crippen molar-refractivity contribution in [1.82, 2.24) is 0 Å². The molecule has 2 bridgehead atoms. The fourth-order valence-corrected chi connectivity index (χ4v) is 9.33. The van der Waals surface area contributed by atoms with Crippen LogP contribution in [0.3, 0.4) is 0 Å². The van der Waals surface area contributed by atoms with Gasteiger partial charge in [-0.25, -0.2) is 0 Å². The summed E-state index contributed by atoms with van der Waals surface area (Å²) in [4.78, 5) is 0. The summed E-state index contributed by atoms with van der Waals surface area (Å²) in [6, 6.07) is 11.4. The highest BCUT2D eigenvalue weighted by Crippen LogP contribution is 2.58. The molecule has 1 fully saturated rings. The van der Waals surface area contributed by atoms with Crippen molar-refractivity contribution in [2.24, 2.45) is 40.1 Å². The number of ether oxygens (including phenoxy) is 2. The lowest BCUT2D eigenvalue weighted by Gasteiger charge is -2.53. The minimum atomic E-state index is 0.199. The van der Waals surface area contributed by atoms with Gasteiger partial charge in [0.05, 0.1) is 26.4 Å². The van der Waals surface area contributed by atoms with Gasteiger partial charge in [-0.15, -0.1) is 0 Å². The van der Waals surface area contributed by atoms with Crippen LogP contribution in [0.5, 0.6) is 0 Å². The maximum atomic E-state index is 6.32. The van der Waals surface area contributed by atoms with E-state index in [4.69, 9.17) is 20.9 Å². The molecule has 5 atom stereocenters. The Hall–Kier alpha value is -1.72. The molecule has 4 heteroatoms. The smallest absolute Gasteiger partial charge is 0.0720 e. The zero-order valence-corrected chi connectivity index (χ0v) is 33.0. The second-order valence-electron chi connectivity index (χ2n) is 16.4. The SMILES string of the molecule is CCCCC(C)(C)CC(C1C2=CC=C(COCCOCCN)C(C)=C1CCC2)C(C)(CCCC)C(CCCN)CC(CC)c1ccccc1. The molecule has 2 aliphatic carbocycles. The molecule has 0 heterocycles. The highest BCUT2D eigenvalue weighted by Gasteiger charge is 2.49. The molecule has 0 radical (unpaired) electrons. The Morgan fingerprint density at radius 1 is 0.837 bits per heavy atom. The first-order chi connectivity index (χ1) is 23.6. The molecule has 4 nitrogen and oxygen atoms in total. The predicted octanol–water partition coefficient (Wildman–Crippen LogP) is 11.3. The van der Waals surface area contributed by atoms with Crippen molar-refractivity contribution in [3.63, 3.8) is 0 Å². The molecule has 49 heavy (non-hydrogen) atoms. The fraction of sp³-hybridized carbons (Fsp3) is 0.733. The summed E-state index contributed by atoms with van der Waals surface area (Å²) in [5.74, 6) is 2.27. The van der Waals surface area contributed by atoms with Crippen molar-refractivity contribution < 1.29 is 9.47 Å². The number of hydrogen-bond acceptors (Lipinski definition) is 4. The van der Waals surface area contributed by atoms with Crippen LogP contribution in [0.4, 0.5) is 0 Å². The second kappa shape index (κ2) is 21.6. The molecule has 1 aromatic carbocycles. The summed E-state index contributed by atoms with van der Waals surface area (Å²) in [6.07, 6.45) is 22.3. The molecule has 0 aromatic heterocycles. The maximum absolute atomic E-state index is 6.32. The van der Waals surface area contributed by atoms with Crippen LogP contribution in [-0.2, 0) is 9.47 Å². The Morgan fingerprint density at radius 2 is 1.55 bits per heavy atom. The van der Waals surface area contributed by atoms with E-state index in [0.29, 0.717) is 56.6 Å². The van der Waals surface area contributed by atoms with Crippen molar-refractivity contribution >= 4 is 0 Å². The number of benzene rings is 1. The lowest BCUT2D eigenvalue weighted by Crippen LogP contribution is -2.44. The van der Waals surface area contributed by atoms with E-state index >= 15 is 0 Å². The monoisotopic (exact) mass is 677 g/mol. The number of hydrogen-bond donors (Lipinski definition) is 2. The summed E-state index contributed by atoms with van der Waals surface area (Å²) in [7, 11) is 0. The maximum Gasteiger partial charge on any atom is 0.0720 e. The quantitative estimate of drug-likeness (QED) is 0.101. The van der Waals surface area contributed by atoms with Gasteiger partial charge >= 0.3 is 0 Å². The first-order valence-electron chi connectivity index (χ1n) is 20.4. The van der Waals surface area contributed by atoms with Crippen molar-refractivity contribution in [2.45, 2.75) is 144 Å². The first-order valence-corrected chi connectivity index (χ1v) is 20.4. The van der Waals surface area contributed by atoms with Crippen LogP contribution in [0.1, 0.15) is 150 Å². The third kappa shape index (κ3) is 12.2. The summed E-state index contributed by atoms with van der Waals surface area (Å²) in [5.41, 5.74) is 20.1.